The SMILES string of the molecule is COC1CCOC2(CCN(C(=O)c3sccc3C)CC2)C1. The van der Waals surface area contributed by atoms with Crippen molar-refractivity contribution in [2.45, 2.75) is 44.3 Å². The summed E-state index contributed by atoms with van der Waals surface area (Å²) in [6, 6.07) is 2.01. The van der Waals surface area contributed by atoms with Gasteiger partial charge in [-0.3, -0.25) is 4.79 Å². The van der Waals surface area contributed by atoms with Gasteiger partial charge in [-0.1, -0.05) is 0 Å². The Morgan fingerprint density at radius 3 is 2.86 bits per heavy atom. The summed E-state index contributed by atoms with van der Waals surface area (Å²) < 4.78 is 11.6. The van der Waals surface area contributed by atoms with Gasteiger partial charge in [-0.2, -0.15) is 0 Å². The van der Waals surface area contributed by atoms with Crippen LogP contribution in [0.5, 0.6) is 0 Å². The van der Waals surface area contributed by atoms with E-state index in [1.54, 1.807) is 7.11 Å². The molecular formula is C16H23NO3S. The van der Waals surface area contributed by atoms with Crippen LogP contribution in [0.4, 0.5) is 0 Å². The summed E-state index contributed by atoms with van der Waals surface area (Å²) >= 11 is 1.54. The van der Waals surface area contributed by atoms with Crippen LogP contribution < -0.4 is 0 Å². The lowest BCUT2D eigenvalue weighted by molar-refractivity contribution is -0.146. The van der Waals surface area contributed by atoms with Gasteiger partial charge < -0.3 is 14.4 Å². The molecule has 1 aromatic heterocycles. The molecule has 5 heteroatoms. The maximum Gasteiger partial charge on any atom is 0.264 e. The van der Waals surface area contributed by atoms with E-state index in [1.807, 2.05) is 23.3 Å². The van der Waals surface area contributed by atoms with Crippen molar-refractivity contribution < 1.29 is 14.3 Å². The van der Waals surface area contributed by atoms with Crippen molar-refractivity contribution in [3.8, 4) is 0 Å². The van der Waals surface area contributed by atoms with Gasteiger partial charge in [0.25, 0.3) is 5.91 Å². The zero-order valence-corrected chi connectivity index (χ0v) is 13.6. The Kier molecular flexibility index (Phi) is 4.33. The van der Waals surface area contributed by atoms with Crippen molar-refractivity contribution in [3.05, 3.63) is 21.9 Å². The van der Waals surface area contributed by atoms with Crippen LogP contribution in [0.3, 0.4) is 0 Å². The highest BCUT2D eigenvalue weighted by atomic mass is 32.1. The fourth-order valence-electron chi connectivity index (χ4n) is 3.39. The molecule has 0 saturated carbocycles. The van der Waals surface area contributed by atoms with Crippen molar-refractivity contribution in [3.63, 3.8) is 0 Å². The third-order valence-electron chi connectivity index (χ3n) is 4.80. The van der Waals surface area contributed by atoms with Crippen LogP contribution in [0.15, 0.2) is 11.4 Å². The molecule has 0 aliphatic carbocycles. The molecule has 1 spiro atoms. The monoisotopic (exact) mass is 309 g/mol. The van der Waals surface area contributed by atoms with Gasteiger partial charge >= 0.3 is 0 Å². The van der Waals surface area contributed by atoms with Crippen LogP contribution in [0.25, 0.3) is 0 Å². The van der Waals surface area contributed by atoms with E-state index in [-0.39, 0.29) is 11.5 Å². The molecule has 0 aromatic carbocycles. The largest absolute Gasteiger partial charge is 0.381 e. The number of nitrogens with zero attached hydrogens (tertiary/aromatic N) is 1. The van der Waals surface area contributed by atoms with Gasteiger partial charge in [-0.25, -0.2) is 0 Å². The standard InChI is InChI=1S/C16H23NO3S/c1-12-4-10-21-14(12)15(18)17-7-5-16(6-8-17)11-13(19-2)3-9-20-16/h4,10,13H,3,5-9,11H2,1-2H3. The molecule has 1 aromatic rings. The molecule has 3 rings (SSSR count). The zero-order chi connectivity index (χ0) is 14.9. The molecular weight excluding hydrogens is 286 g/mol. The third-order valence-corrected chi connectivity index (χ3v) is 5.80. The van der Waals surface area contributed by atoms with E-state index in [4.69, 9.17) is 9.47 Å². The molecule has 3 heterocycles. The Morgan fingerprint density at radius 1 is 1.48 bits per heavy atom. The van der Waals surface area contributed by atoms with Crippen molar-refractivity contribution >= 4 is 17.2 Å². The first-order valence-corrected chi connectivity index (χ1v) is 8.52. The minimum atomic E-state index is -0.0692. The van der Waals surface area contributed by atoms with Crippen molar-refractivity contribution in [2.24, 2.45) is 0 Å². The van der Waals surface area contributed by atoms with Gasteiger partial charge in [0.15, 0.2) is 0 Å². The quantitative estimate of drug-likeness (QED) is 0.843. The number of likely N-dealkylation sites (tertiary alicyclic amines) is 1. The summed E-state index contributed by atoms with van der Waals surface area (Å²) in [6.07, 6.45) is 4.09. The molecule has 2 saturated heterocycles. The van der Waals surface area contributed by atoms with E-state index >= 15 is 0 Å². The lowest BCUT2D eigenvalue weighted by atomic mass is 9.83. The predicted molar refractivity (Wildman–Crippen MR) is 82.9 cm³/mol. The number of rotatable bonds is 2. The highest BCUT2D eigenvalue weighted by Gasteiger charge is 2.41. The topological polar surface area (TPSA) is 38.8 Å². The van der Waals surface area contributed by atoms with E-state index in [0.29, 0.717) is 6.10 Å². The Hall–Kier alpha value is -0.910. The molecule has 2 aliphatic rings. The molecule has 1 atom stereocenters. The number of piperidine rings is 1. The normalized spacial score (nSPS) is 25.2. The van der Waals surface area contributed by atoms with Crippen LogP contribution in [0.1, 0.15) is 40.9 Å². The first kappa shape index (κ1) is 15.0. The van der Waals surface area contributed by atoms with Crippen molar-refractivity contribution in [1.82, 2.24) is 4.90 Å². The molecule has 0 bridgehead atoms. The van der Waals surface area contributed by atoms with Crippen molar-refractivity contribution in [1.29, 1.82) is 0 Å². The maximum absolute atomic E-state index is 12.5. The lowest BCUT2D eigenvalue weighted by Crippen LogP contribution is -2.51. The number of thiophene rings is 1. The molecule has 4 nitrogen and oxygen atoms in total. The van der Waals surface area contributed by atoms with Crippen LogP contribution >= 0.6 is 11.3 Å². The average molecular weight is 309 g/mol. The molecule has 21 heavy (non-hydrogen) atoms. The fourth-order valence-corrected chi connectivity index (χ4v) is 4.28. The minimum Gasteiger partial charge on any atom is -0.381 e. The smallest absolute Gasteiger partial charge is 0.264 e. The maximum atomic E-state index is 12.5. The van der Waals surface area contributed by atoms with Crippen LogP contribution in [-0.4, -0.2) is 49.3 Å². The lowest BCUT2D eigenvalue weighted by Gasteiger charge is -2.45. The molecule has 1 amide bonds. The molecule has 116 valence electrons. The Balaban J connectivity index is 1.62. The summed E-state index contributed by atoms with van der Waals surface area (Å²) in [7, 11) is 1.78. The number of methoxy groups -OCH3 is 1. The highest BCUT2D eigenvalue weighted by Crippen LogP contribution is 2.36. The predicted octanol–water partition coefficient (Wildman–Crippen LogP) is 2.86. The van der Waals surface area contributed by atoms with E-state index < -0.39 is 0 Å². The number of carbonyl (C=O) groups excluding carboxylic acids is 1. The third kappa shape index (κ3) is 3.00. The first-order chi connectivity index (χ1) is 10.1. The first-order valence-electron chi connectivity index (χ1n) is 7.64. The molecule has 0 radical (unpaired) electrons. The summed E-state index contributed by atoms with van der Waals surface area (Å²) in [5, 5.41) is 1.99. The number of hydrogen-bond acceptors (Lipinski definition) is 4. The van der Waals surface area contributed by atoms with Gasteiger partial charge in [-0.15, -0.1) is 11.3 Å². The molecule has 2 aliphatic heterocycles. The minimum absolute atomic E-state index is 0.0692. The molecule has 0 N–H and O–H groups in total. The van der Waals surface area contributed by atoms with E-state index in [9.17, 15) is 4.79 Å². The Labute approximate surface area is 130 Å². The van der Waals surface area contributed by atoms with Crippen molar-refractivity contribution in [2.75, 3.05) is 26.8 Å². The van der Waals surface area contributed by atoms with Gasteiger partial charge in [0, 0.05) is 33.2 Å². The average Bonchev–Trinajstić information content (AvgIpc) is 2.93. The number of carbonyl (C=O) groups is 1. The zero-order valence-electron chi connectivity index (χ0n) is 12.8. The summed E-state index contributed by atoms with van der Waals surface area (Å²) in [6.45, 7) is 4.35. The second-order valence-electron chi connectivity index (χ2n) is 6.11. The van der Waals surface area contributed by atoms with Crippen LogP contribution in [0.2, 0.25) is 0 Å². The van der Waals surface area contributed by atoms with E-state index in [1.165, 1.54) is 11.3 Å². The second-order valence-corrected chi connectivity index (χ2v) is 7.02. The Morgan fingerprint density at radius 2 is 2.24 bits per heavy atom. The van der Waals surface area contributed by atoms with E-state index in [0.717, 1.165) is 55.8 Å². The fraction of sp³-hybridized carbons (Fsp3) is 0.688. The number of ether oxygens (including phenoxy) is 2. The summed E-state index contributed by atoms with van der Waals surface area (Å²) in [5.74, 6) is 0.177. The highest BCUT2D eigenvalue weighted by molar-refractivity contribution is 7.12. The van der Waals surface area contributed by atoms with Gasteiger partial charge in [0.2, 0.25) is 0 Å². The molecule has 2 fully saturated rings. The Bertz CT molecular complexity index is 505. The van der Waals surface area contributed by atoms with Crippen LogP contribution in [-0.2, 0) is 9.47 Å². The number of amides is 1. The summed E-state index contributed by atoms with van der Waals surface area (Å²) in [5.41, 5.74) is 1.01. The van der Waals surface area contributed by atoms with Gasteiger partial charge in [-0.05, 0) is 43.2 Å². The second kappa shape index (κ2) is 6.07. The number of aryl methyl sites for hydroxylation is 1. The summed E-state index contributed by atoms with van der Waals surface area (Å²) in [4.78, 5) is 15.4. The number of hydrogen-bond donors (Lipinski definition) is 0. The molecule has 1 unspecified atom stereocenters. The van der Waals surface area contributed by atoms with Gasteiger partial charge in [0.1, 0.15) is 0 Å². The van der Waals surface area contributed by atoms with Crippen LogP contribution in [0, 0.1) is 6.92 Å². The van der Waals surface area contributed by atoms with Gasteiger partial charge in [0.05, 0.1) is 16.6 Å². The van der Waals surface area contributed by atoms with E-state index in [2.05, 4.69) is 0 Å².